The Balaban J connectivity index is 1.13. The molecule has 0 fully saturated rings. The monoisotopic (exact) mass is 613 g/mol. The van der Waals surface area contributed by atoms with Crippen LogP contribution >= 0.6 is 0 Å². The first-order chi connectivity index (χ1) is 23.8. The smallest absolute Gasteiger partial charge is 0.143 e. The van der Waals surface area contributed by atoms with Crippen LogP contribution in [0.15, 0.2) is 192 Å². The quantitative estimate of drug-likeness (QED) is 0.185. The largest absolute Gasteiger partial charge is 0.455 e. The van der Waals surface area contributed by atoms with Gasteiger partial charge in [-0.25, -0.2) is 0 Å². The summed E-state index contributed by atoms with van der Waals surface area (Å²) in [4.78, 5) is 2.31. The van der Waals surface area contributed by atoms with Crippen LogP contribution < -0.4 is 4.90 Å². The third kappa shape index (κ3) is 4.92. The Morgan fingerprint density at radius 1 is 0.354 bits per heavy atom. The van der Waals surface area contributed by atoms with E-state index in [0.29, 0.717) is 0 Å². The van der Waals surface area contributed by atoms with Crippen LogP contribution in [-0.4, -0.2) is 0 Å². The molecule has 2 heteroatoms. The lowest BCUT2D eigenvalue weighted by molar-refractivity contribution is 0.670. The second-order valence-corrected chi connectivity index (χ2v) is 12.2. The van der Waals surface area contributed by atoms with Crippen molar-refractivity contribution in [3.63, 3.8) is 0 Å². The molecule has 0 N–H and O–H groups in total. The van der Waals surface area contributed by atoms with E-state index in [1.54, 1.807) is 0 Å². The third-order valence-electron chi connectivity index (χ3n) is 9.23. The van der Waals surface area contributed by atoms with E-state index in [9.17, 15) is 0 Å². The summed E-state index contributed by atoms with van der Waals surface area (Å²) in [5, 5.41) is 4.72. The van der Waals surface area contributed by atoms with Gasteiger partial charge in [0.2, 0.25) is 0 Å². The van der Waals surface area contributed by atoms with Crippen molar-refractivity contribution in [1.82, 2.24) is 0 Å². The van der Waals surface area contributed by atoms with E-state index in [1.165, 1.54) is 27.3 Å². The Morgan fingerprint density at radius 2 is 0.917 bits per heavy atom. The first kappa shape index (κ1) is 27.9. The fourth-order valence-corrected chi connectivity index (χ4v) is 6.92. The Bertz CT molecular complexity index is 2530. The molecule has 0 atom stereocenters. The number of para-hydroxylation sites is 1. The molecule has 8 aromatic carbocycles. The average molecular weight is 614 g/mol. The first-order valence-corrected chi connectivity index (χ1v) is 16.3. The van der Waals surface area contributed by atoms with Crippen LogP contribution in [-0.2, 0) is 0 Å². The SMILES string of the molecule is c1ccc(-c2cccc(N(c3ccccc3)c3ccc(-c4ccc5c(c4)oc4c(-c6ccccc6)cc6ccccc6c45)cc3)c2)cc1. The molecule has 0 bridgehead atoms. The predicted octanol–water partition coefficient (Wildman–Crippen LogP) is 13.2. The minimum atomic E-state index is 0.892. The summed E-state index contributed by atoms with van der Waals surface area (Å²) < 4.78 is 6.73. The van der Waals surface area contributed by atoms with Gasteiger partial charge in [-0.15, -0.1) is 0 Å². The Kier molecular flexibility index (Phi) is 6.84. The zero-order chi connectivity index (χ0) is 31.9. The van der Waals surface area contributed by atoms with E-state index in [4.69, 9.17) is 4.42 Å². The van der Waals surface area contributed by atoms with Gasteiger partial charge >= 0.3 is 0 Å². The second kappa shape index (κ2) is 11.8. The summed E-state index contributed by atoms with van der Waals surface area (Å²) in [5.74, 6) is 0. The Labute approximate surface area is 279 Å². The maximum atomic E-state index is 6.73. The first-order valence-electron chi connectivity index (χ1n) is 16.3. The molecule has 0 unspecified atom stereocenters. The van der Waals surface area contributed by atoms with E-state index in [2.05, 4.69) is 193 Å². The standard InChI is InChI=1S/C46H31NO/c1-4-13-32(14-5-1)35-18-12-21-40(29-35)47(38-19-8-3-9-20-38)39-26-23-33(24-27-39)36-25-28-42-44(31-36)48-46-43(34-15-6-2-7-16-34)30-37-17-10-11-22-41(37)45(42)46/h1-31H. The number of benzene rings is 8. The minimum absolute atomic E-state index is 0.892. The van der Waals surface area contributed by atoms with Gasteiger partial charge in [0.1, 0.15) is 11.2 Å². The molecule has 1 heterocycles. The fraction of sp³-hybridized carbons (Fsp3) is 0. The van der Waals surface area contributed by atoms with E-state index < -0.39 is 0 Å². The summed E-state index contributed by atoms with van der Waals surface area (Å²) in [6.07, 6.45) is 0. The van der Waals surface area contributed by atoms with Gasteiger partial charge < -0.3 is 9.32 Å². The number of nitrogens with zero attached hydrogens (tertiary/aromatic N) is 1. The van der Waals surface area contributed by atoms with Gasteiger partial charge in [0, 0.05) is 33.4 Å². The highest BCUT2D eigenvalue weighted by Gasteiger charge is 2.18. The van der Waals surface area contributed by atoms with Gasteiger partial charge in [0.05, 0.1) is 0 Å². The summed E-state index contributed by atoms with van der Waals surface area (Å²) in [6, 6.07) is 66.7. The molecular weight excluding hydrogens is 583 g/mol. The summed E-state index contributed by atoms with van der Waals surface area (Å²) >= 11 is 0. The molecule has 0 aliphatic heterocycles. The number of anilines is 3. The van der Waals surface area contributed by atoms with Crippen LogP contribution in [0.4, 0.5) is 17.1 Å². The lowest BCUT2D eigenvalue weighted by Gasteiger charge is -2.26. The van der Waals surface area contributed by atoms with Gasteiger partial charge in [-0.2, -0.15) is 0 Å². The normalized spacial score (nSPS) is 11.3. The molecule has 2 nitrogen and oxygen atoms in total. The number of rotatable bonds is 6. The van der Waals surface area contributed by atoms with Gasteiger partial charge in [-0.1, -0.05) is 133 Å². The van der Waals surface area contributed by atoms with Crippen molar-refractivity contribution in [2.24, 2.45) is 0 Å². The van der Waals surface area contributed by atoms with Crippen molar-refractivity contribution in [2.45, 2.75) is 0 Å². The molecule has 0 amide bonds. The highest BCUT2D eigenvalue weighted by molar-refractivity contribution is 6.22. The van der Waals surface area contributed by atoms with E-state index in [1.807, 2.05) is 0 Å². The molecule has 0 aliphatic carbocycles. The molecule has 0 aliphatic rings. The molecule has 0 saturated heterocycles. The number of fused-ring (bicyclic) bond motifs is 5. The molecule has 9 aromatic rings. The average Bonchev–Trinajstić information content (AvgIpc) is 3.55. The topological polar surface area (TPSA) is 16.4 Å². The molecule has 48 heavy (non-hydrogen) atoms. The number of furan rings is 1. The predicted molar refractivity (Wildman–Crippen MR) is 202 cm³/mol. The van der Waals surface area contributed by atoms with Crippen LogP contribution in [0.3, 0.4) is 0 Å². The van der Waals surface area contributed by atoms with E-state index >= 15 is 0 Å². The van der Waals surface area contributed by atoms with Gasteiger partial charge in [-0.05, 0) is 93.2 Å². The van der Waals surface area contributed by atoms with Crippen LogP contribution in [0.25, 0.3) is 66.1 Å². The third-order valence-corrected chi connectivity index (χ3v) is 9.23. The van der Waals surface area contributed by atoms with E-state index in [0.717, 1.165) is 55.9 Å². The van der Waals surface area contributed by atoms with E-state index in [-0.39, 0.29) is 0 Å². The Hall–Kier alpha value is -6.38. The van der Waals surface area contributed by atoms with Crippen LogP contribution in [0.5, 0.6) is 0 Å². The lowest BCUT2D eigenvalue weighted by atomic mass is 9.96. The highest BCUT2D eigenvalue weighted by Crippen LogP contribution is 2.42. The van der Waals surface area contributed by atoms with Gasteiger partial charge in [0.25, 0.3) is 0 Å². The van der Waals surface area contributed by atoms with Crippen LogP contribution in [0.1, 0.15) is 0 Å². The second-order valence-electron chi connectivity index (χ2n) is 12.2. The van der Waals surface area contributed by atoms with Crippen molar-refractivity contribution in [2.75, 3.05) is 4.90 Å². The number of hydrogen-bond acceptors (Lipinski definition) is 2. The van der Waals surface area contributed by atoms with Crippen molar-refractivity contribution in [3.8, 4) is 33.4 Å². The number of hydrogen-bond donors (Lipinski definition) is 0. The van der Waals surface area contributed by atoms with Crippen molar-refractivity contribution in [3.05, 3.63) is 188 Å². The van der Waals surface area contributed by atoms with Gasteiger partial charge in [0.15, 0.2) is 0 Å². The molecule has 226 valence electrons. The molecule has 1 aromatic heterocycles. The molecule has 0 radical (unpaired) electrons. The molecule has 0 saturated carbocycles. The Morgan fingerprint density at radius 3 is 1.69 bits per heavy atom. The summed E-state index contributed by atoms with van der Waals surface area (Å²) in [6.45, 7) is 0. The van der Waals surface area contributed by atoms with Crippen molar-refractivity contribution >= 4 is 49.8 Å². The minimum Gasteiger partial charge on any atom is -0.455 e. The van der Waals surface area contributed by atoms with Gasteiger partial charge in [-0.3, -0.25) is 0 Å². The summed E-state index contributed by atoms with van der Waals surface area (Å²) in [7, 11) is 0. The van der Waals surface area contributed by atoms with Crippen LogP contribution in [0.2, 0.25) is 0 Å². The maximum absolute atomic E-state index is 6.73. The fourth-order valence-electron chi connectivity index (χ4n) is 6.92. The lowest BCUT2D eigenvalue weighted by Crippen LogP contribution is -2.09. The highest BCUT2D eigenvalue weighted by atomic mass is 16.3. The molecular formula is C46H31NO. The van der Waals surface area contributed by atoms with Crippen molar-refractivity contribution < 1.29 is 4.42 Å². The maximum Gasteiger partial charge on any atom is 0.143 e. The summed E-state index contributed by atoms with van der Waals surface area (Å²) in [5.41, 5.74) is 12.1. The zero-order valence-corrected chi connectivity index (χ0v) is 26.3. The zero-order valence-electron chi connectivity index (χ0n) is 26.3. The molecule has 9 rings (SSSR count). The van der Waals surface area contributed by atoms with Crippen LogP contribution in [0, 0.1) is 0 Å². The van der Waals surface area contributed by atoms with Crippen molar-refractivity contribution in [1.29, 1.82) is 0 Å². The molecule has 0 spiro atoms.